The predicted octanol–water partition coefficient (Wildman–Crippen LogP) is 4.59. The van der Waals surface area contributed by atoms with E-state index in [-0.39, 0.29) is 18.4 Å². The van der Waals surface area contributed by atoms with Crippen LogP contribution in [-0.2, 0) is 0 Å². The number of benzene rings is 1. The van der Waals surface area contributed by atoms with Crippen molar-refractivity contribution in [3.05, 3.63) is 41.3 Å². The number of carbonyl (C=O) groups is 1. The first-order chi connectivity index (χ1) is 15.4. The van der Waals surface area contributed by atoms with Crippen LogP contribution in [0.4, 0.5) is 17.2 Å². The number of rotatable bonds is 8. The number of amides is 1. The molecule has 1 aliphatic heterocycles. The highest BCUT2D eigenvalue weighted by atomic mass is 32.2. The van der Waals surface area contributed by atoms with Crippen molar-refractivity contribution in [3.8, 4) is 0 Å². The second kappa shape index (κ2) is 9.67. The molecule has 0 radical (unpaired) electrons. The lowest BCUT2D eigenvalue weighted by Gasteiger charge is -2.35. The molecule has 0 unspecified atom stereocenters. The number of nitrogens with zero attached hydrogens (tertiary/aromatic N) is 3. The monoisotopic (exact) mass is 455 g/mol. The molecule has 2 heterocycles. The van der Waals surface area contributed by atoms with Gasteiger partial charge in [-0.3, -0.25) is 4.79 Å². The summed E-state index contributed by atoms with van der Waals surface area (Å²) in [5, 5.41) is 12.1. The quantitative estimate of drug-likeness (QED) is 0.396. The zero-order chi connectivity index (χ0) is 22.7. The van der Waals surface area contributed by atoms with Gasteiger partial charge in [0.15, 0.2) is 0 Å². The van der Waals surface area contributed by atoms with Crippen LogP contribution in [0.25, 0.3) is 0 Å². The van der Waals surface area contributed by atoms with Gasteiger partial charge < -0.3 is 20.0 Å². The van der Waals surface area contributed by atoms with E-state index in [1.165, 1.54) is 37.6 Å². The van der Waals surface area contributed by atoms with Gasteiger partial charge in [-0.1, -0.05) is 25.8 Å². The maximum atomic E-state index is 13.3. The number of aliphatic hydroxyl groups excluding tert-OH is 1. The molecule has 3 N–H and O–H groups in total. The molecule has 4 rings (SSSR count). The minimum atomic E-state index is -0.158. The number of piperidine rings is 1. The molecule has 0 atom stereocenters. The van der Waals surface area contributed by atoms with Crippen molar-refractivity contribution in [2.75, 3.05) is 40.4 Å². The molecule has 2 aromatic rings. The minimum absolute atomic E-state index is 0.121. The predicted molar refractivity (Wildman–Crippen MR) is 132 cm³/mol. The second-order valence-electron chi connectivity index (χ2n) is 9.25. The Morgan fingerprint density at radius 1 is 1.19 bits per heavy atom. The van der Waals surface area contributed by atoms with Crippen molar-refractivity contribution in [2.45, 2.75) is 52.4 Å². The summed E-state index contributed by atoms with van der Waals surface area (Å²) in [6, 6.07) is 7.66. The smallest absolute Gasteiger partial charge is 0.258 e. The van der Waals surface area contributed by atoms with Gasteiger partial charge in [0.05, 0.1) is 17.9 Å². The first-order valence-electron chi connectivity index (χ1n) is 11.4. The van der Waals surface area contributed by atoms with E-state index in [1.807, 2.05) is 39.0 Å². The third-order valence-corrected chi connectivity index (χ3v) is 7.14. The third kappa shape index (κ3) is 5.35. The standard InChI is InChI=1S/C24H33N5O2S/c1-16(2)22-25-17(3)14-21(26-22)27-23(31)19-5-4-18(28-32-13-12-30)15-20(19)29-10-8-24(6-7-24)9-11-29/h4-5,14-16,28,30H,6-13H2,1-3H3,(H,25,26,27,31). The van der Waals surface area contributed by atoms with Crippen LogP contribution in [0.5, 0.6) is 0 Å². The van der Waals surface area contributed by atoms with Crippen LogP contribution in [0, 0.1) is 12.3 Å². The van der Waals surface area contributed by atoms with Crippen molar-refractivity contribution >= 4 is 35.0 Å². The highest BCUT2D eigenvalue weighted by Gasteiger charge is 2.44. The van der Waals surface area contributed by atoms with Crippen LogP contribution in [0.1, 0.15) is 67.3 Å². The largest absolute Gasteiger partial charge is 0.395 e. The molecule has 2 fully saturated rings. The number of aliphatic hydroxyl groups is 1. The number of aromatic nitrogens is 2. The lowest BCUT2D eigenvalue weighted by molar-refractivity contribution is 0.102. The molecule has 1 spiro atoms. The summed E-state index contributed by atoms with van der Waals surface area (Å²) >= 11 is 1.46. The van der Waals surface area contributed by atoms with E-state index in [4.69, 9.17) is 5.11 Å². The zero-order valence-corrected chi connectivity index (χ0v) is 20.0. The highest BCUT2D eigenvalue weighted by Crippen LogP contribution is 2.54. The van der Waals surface area contributed by atoms with Gasteiger partial charge in [0.1, 0.15) is 11.6 Å². The Balaban J connectivity index is 1.58. The molecule has 1 aliphatic carbocycles. The average Bonchev–Trinajstić information content (AvgIpc) is 3.52. The van der Waals surface area contributed by atoms with Crippen LogP contribution >= 0.6 is 11.9 Å². The van der Waals surface area contributed by atoms with Gasteiger partial charge >= 0.3 is 0 Å². The van der Waals surface area contributed by atoms with Crippen molar-refractivity contribution < 1.29 is 9.90 Å². The maximum Gasteiger partial charge on any atom is 0.258 e. The first kappa shape index (κ1) is 22.9. The van der Waals surface area contributed by atoms with Gasteiger partial charge in [-0.05, 0) is 56.2 Å². The summed E-state index contributed by atoms with van der Waals surface area (Å²) in [7, 11) is 0. The van der Waals surface area contributed by atoms with E-state index in [0.717, 1.165) is 36.0 Å². The zero-order valence-electron chi connectivity index (χ0n) is 19.1. The molecule has 0 bridgehead atoms. The van der Waals surface area contributed by atoms with Crippen molar-refractivity contribution in [1.29, 1.82) is 0 Å². The highest BCUT2D eigenvalue weighted by molar-refractivity contribution is 8.00. The molecule has 172 valence electrons. The molecule has 1 amide bonds. The fourth-order valence-electron chi connectivity index (χ4n) is 4.22. The molecular weight excluding hydrogens is 422 g/mol. The summed E-state index contributed by atoms with van der Waals surface area (Å²) in [6.07, 6.45) is 5.07. The normalized spacial score (nSPS) is 17.0. The van der Waals surface area contributed by atoms with Gasteiger partial charge in [-0.2, -0.15) is 0 Å². The molecule has 2 aliphatic rings. The number of aryl methyl sites for hydroxylation is 1. The van der Waals surface area contributed by atoms with Crippen molar-refractivity contribution in [3.63, 3.8) is 0 Å². The van der Waals surface area contributed by atoms with E-state index >= 15 is 0 Å². The van der Waals surface area contributed by atoms with E-state index < -0.39 is 0 Å². The van der Waals surface area contributed by atoms with Gasteiger partial charge in [-0.15, -0.1) is 0 Å². The molecule has 32 heavy (non-hydrogen) atoms. The second-order valence-corrected chi connectivity index (χ2v) is 10.2. The first-order valence-corrected chi connectivity index (χ1v) is 12.4. The molecule has 8 heteroatoms. The Bertz CT molecular complexity index is 967. The van der Waals surface area contributed by atoms with E-state index in [1.54, 1.807) is 0 Å². The van der Waals surface area contributed by atoms with E-state index in [2.05, 4.69) is 31.0 Å². The number of carbonyl (C=O) groups excluding carboxylic acids is 1. The van der Waals surface area contributed by atoms with Crippen LogP contribution in [-0.4, -0.2) is 46.4 Å². The lowest BCUT2D eigenvalue weighted by Crippen LogP contribution is -2.35. The van der Waals surface area contributed by atoms with Crippen molar-refractivity contribution in [1.82, 2.24) is 9.97 Å². The van der Waals surface area contributed by atoms with Crippen LogP contribution in [0.15, 0.2) is 24.3 Å². The SMILES string of the molecule is Cc1cc(NC(=O)c2ccc(NSCCO)cc2N2CCC3(CC2)CC3)nc(C(C)C)n1. The Kier molecular flexibility index (Phi) is 6.90. The van der Waals surface area contributed by atoms with E-state index in [9.17, 15) is 4.79 Å². The molecule has 1 aromatic carbocycles. The van der Waals surface area contributed by atoms with Gasteiger partial charge in [0.2, 0.25) is 0 Å². The van der Waals surface area contributed by atoms with Crippen LogP contribution in [0.2, 0.25) is 0 Å². The Hall–Kier alpha value is -2.32. The fourth-order valence-corrected chi connectivity index (χ4v) is 4.71. The van der Waals surface area contributed by atoms with Crippen LogP contribution in [0.3, 0.4) is 0 Å². The minimum Gasteiger partial charge on any atom is -0.395 e. The summed E-state index contributed by atoms with van der Waals surface area (Å²) in [5.74, 6) is 1.90. The Morgan fingerprint density at radius 3 is 2.59 bits per heavy atom. The summed E-state index contributed by atoms with van der Waals surface area (Å²) in [6.45, 7) is 8.07. The third-order valence-electron chi connectivity index (χ3n) is 6.38. The molecule has 7 nitrogen and oxygen atoms in total. The van der Waals surface area contributed by atoms with Gasteiger partial charge in [-0.25, -0.2) is 9.97 Å². The Morgan fingerprint density at radius 2 is 1.94 bits per heavy atom. The number of anilines is 3. The molecule has 1 aromatic heterocycles. The number of hydrogen-bond acceptors (Lipinski definition) is 7. The van der Waals surface area contributed by atoms with E-state index in [0.29, 0.717) is 22.5 Å². The average molecular weight is 456 g/mol. The van der Waals surface area contributed by atoms with Gasteiger partial charge in [0.25, 0.3) is 5.91 Å². The topological polar surface area (TPSA) is 90.4 Å². The summed E-state index contributed by atoms with van der Waals surface area (Å²) < 4.78 is 3.27. The van der Waals surface area contributed by atoms with Crippen molar-refractivity contribution in [2.24, 2.45) is 5.41 Å². The maximum absolute atomic E-state index is 13.3. The summed E-state index contributed by atoms with van der Waals surface area (Å²) in [5.41, 5.74) is 3.93. The van der Waals surface area contributed by atoms with Gasteiger partial charge in [0, 0.05) is 42.2 Å². The number of hydrogen-bond donors (Lipinski definition) is 3. The Labute approximate surface area is 194 Å². The molecule has 1 saturated carbocycles. The fraction of sp³-hybridized carbons (Fsp3) is 0.542. The summed E-state index contributed by atoms with van der Waals surface area (Å²) in [4.78, 5) is 24.7. The van der Waals surface area contributed by atoms with Crippen LogP contribution < -0.4 is 14.9 Å². The molecular formula is C24H33N5O2S. The molecule has 1 saturated heterocycles. The lowest BCUT2D eigenvalue weighted by atomic mass is 9.93. The number of nitrogens with one attached hydrogen (secondary N) is 2.